The van der Waals surface area contributed by atoms with Gasteiger partial charge in [0.2, 0.25) is 0 Å². The van der Waals surface area contributed by atoms with Crippen molar-refractivity contribution in [3.63, 3.8) is 0 Å². The van der Waals surface area contributed by atoms with Crippen LogP contribution in [0.1, 0.15) is 17.4 Å². The molecule has 0 radical (unpaired) electrons. The lowest BCUT2D eigenvalue weighted by Crippen LogP contribution is -2.34. The van der Waals surface area contributed by atoms with Gasteiger partial charge in [0.1, 0.15) is 12.2 Å². The van der Waals surface area contributed by atoms with E-state index in [0.29, 0.717) is 19.8 Å². The Morgan fingerprint density at radius 3 is 2.81 bits per heavy atom. The highest BCUT2D eigenvalue weighted by atomic mass is 16.5. The maximum absolute atomic E-state index is 10.4. The summed E-state index contributed by atoms with van der Waals surface area (Å²) in [6.07, 6.45) is 1.01. The summed E-state index contributed by atoms with van der Waals surface area (Å²) in [7, 11) is 1.64. The molecule has 2 atom stereocenters. The summed E-state index contributed by atoms with van der Waals surface area (Å²) in [6, 6.07) is 12.2. The zero-order chi connectivity index (χ0) is 18.1. The van der Waals surface area contributed by atoms with E-state index in [1.807, 2.05) is 37.4 Å². The van der Waals surface area contributed by atoms with E-state index in [0.717, 1.165) is 33.8 Å². The summed E-state index contributed by atoms with van der Waals surface area (Å²) in [5.74, 6) is 0. The normalized spacial score (nSPS) is 19.3. The van der Waals surface area contributed by atoms with Gasteiger partial charge >= 0.3 is 0 Å². The number of β-amino-alcohol motifs (C(OH)–C–C–N with tert-alkyl or cyclic N) is 1. The molecular formula is C20H23N3O3. The van der Waals surface area contributed by atoms with E-state index in [-0.39, 0.29) is 6.10 Å². The van der Waals surface area contributed by atoms with E-state index in [9.17, 15) is 5.11 Å². The third kappa shape index (κ3) is 2.86. The predicted molar refractivity (Wildman–Crippen MR) is 100 cm³/mol. The molecule has 0 fully saturated rings. The zero-order valence-electron chi connectivity index (χ0n) is 15.0. The van der Waals surface area contributed by atoms with Crippen molar-refractivity contribution in [3.05, 3.63) is 53.9 Å². The molecule has 0 saturated heterocycles. The monoisotopic (exact) mass is 353 g/mol. The maximum atomic E-state index is 10.4. The van der Waals surface area contributed by atoms with Gasteiger partial charge in [0.15, 0.2) is 5.65 Å². The van der Waals surface area contributed by atoms with Crippen LogP contribution in [0.3, 0.4) is 0 Å². The van der Waals surface area contributed by atoms with E-state index in [2.05, 4.69) is 21.9 Å². The molecule has 4 rings (SSSR count). The van der Waals surface area contributed by atoms with Gasteiger partial charge in [-0.1, -0.05) is 30.3 Å². The first-order chi connectivity index (χ1) is 12.7. The minimum atomic E-state index is -0.605. The number of rotatable bonds is 5. The zero-order valence-corrected chi connectivity index (χ0v) is 15.0. The molecule has 0 aliphatic carbocycles. The molecule has 6 nitrogen and oxygen atoms in total. The van der Waals surface area contributed by atoms with Gasteiger partial charge in [0, 0.05) is 31.0 Å². The van der Waals surface area contributed by atoms with Gasteiger partial charge in [-0.15, -0.1) is 0 Å². The summed E-state index contributed by atoms with van der Waals surface area (Å²) >= 11 is 0. The number of fused-ring (bicyclic) bond motifs is 3. The molecule has 1 aromatic carbocycles. The number of hydrogen-bond donors (Lipinski definition) is 2. The predicted octanol–water partition coefficient (Wildman–Crippen LogP) is 2.80. The first-order valence-electron chi connectivity index (χ1n) is 8.80. The Labute approximate surface area is 152 Å². The average Bonchev–Trinajstić information content (AvgIpc) is 3.00. The van der Waals surface area contributed by atoms with Crippen LogP contribution in [0.2, 0.25) is 0 Å². The number of ether oxygens (including phenoxy) is 2. The Kier molecular flexibility index (Phi) is 4.63. The Bertz CT molecular complexity index is 908. The smallest absolute Gasteiger partial charge is 0.161 e. The van der Waals surface area contributed by atoms with Crippen LogP contribution in [0.4, 0.5) is 5.69 Å². The third-order valence-electron chi connectivity index (χ3n) is 4.78. The Morgan fingerprint density at radius 1 is 1.23 bits per heavy atom. The molecule has 3 heterocycles. The second-order valence-electron chi connectivity index (χ2n) is 6.48. The molecule has 136 valence electrons. The SMILES string of the molecule is COCCO[C@@H]1c2ccn3c(-c4ccccc4)c(C)nc3c2NC[C@H]1O. The topological polar surface area (TPSA) is 68.0 Å². The standard InChI is InChI=1S/C20H23N3O3/c1-13-18(14-6-4-3-5-7-14)23-9-8-15-17(20(23)22-13)21-12-16(24)19(15)26-11-10-25-2/h3-9,16,19,21,24H,10-12H2,1-2H3/t16-,19-/m1/s1. The van der Waals surface area contributed by atoms with Crippen molar-refractivity contribution in [2.45, 2.75) is 19.1 Å². The Hall–Kier alpha value is -2.41. The van der Waals surface area contributed by atoms with Crippen molar-refractivity contribution in [1.82, 2.24) is 9.38 Å². The fourth-order valence-corrected chi connectivity index (χ4v) is 3.58. The maximum Gasteiger partial charge on any atom is 0.161 e. The molecule has 0 spiro atoms. The van der Waals surface area contributed by atoms with Crippen molar-refractivity contribution in [3.8, 4) is 11.3 Å². The van der Waals surface area contributed by atoms with E-state index in [1.165, 1.54) is 0 Å². The lowest BCUT2D eigenvalue weighted by molar-refractivity contribution is -0.0509. The third-order valence-corrected chi connectivity index (χ3v) is 4.78. The molecular weight excluding hydrogens is 330 g/mol. The summed E-state index contributed by atoms with van der Waals surface area (Å²) in [5.41, 5.74) is 5.87. The van der Waals surface area contributed by atoms with Crippen molar-refractivity contribution < 1.29 is 14.6 Å². The number of nitrogens with one attached hydrogen (secondary N) is 1. The van der Waals surface area contributed by atoms with Gasteiger partial charge in [0.05, 0.1) is 30.3 Å². The molecule has 3 aromatic rings. The molecule has 2 aromatic heterocycles. The molecule has 0 saturated carbocycles. The number of nitrogens with zero attached hydrogens (tertiary/aromatic N) is 2. The number of benzene rings is 1. The second kappa shape index (κ2) is 7.07. The van der Waals surface area contributed by atoms with Crippen LogP contribution in [0.5, 0.6) is 0 Å². The number of hydrogen-bond acceptors (Lipinski definition) is 5. The average molecular weight is 353 g/mol. The number of imidazole rings is 1. The van der Waals surface area contributed by atoms with E-state index in [1.54, 1.807) is 7.11 Å². The van der Waals surface area contributed by atoms with Crippen LogP contribution in [0.15, 0.2) is 42.6 Å². The van der Waals surface area contributed by atoms with Crippen molar-refractivity contribution in [2.24, 2.45) is 0 Å². The second-order valence-corrected chi connectivity index (χ2v) is 6.48. The van der Waals surface area contributed by atoms with Gasteiger partial charge in [-0.05, 0) is 13.0 Å². The van der Waals surface area contributed by atoms with Crippen LogP contribution in [-0.4, -0.2) is 47.5 Å². The van der Waals surface area contributed by atoms with Crippen LogP contribution in [0.25, 0.3) is 16.9 Å². The van der Waals surface area contributed by atoms with E-state index in [4.69, 9.17) is 14.5 Å². The van der Waals surface area contributed by atoms with E-state index >= 15 is 0 Å². The first-order valence-corrected chi connectivity index (χ1v) is 8.80. The fraction of sp³-hybridized carbons (Fsp3) is 0.350. The summed E-state index contributed by atoms with van der Waals surface area (Å²) in [5, 5.41) is 13.7. The van der Waals surface area contributed by atoms with Crippen LogP contribution in [0, 0.1) is 6.92 Å². The summed E-state index contributed by atoms with van der Waals surface area (Å²) in [6.45, 7) is 3.38. The molecule has 1 aliphatic heterocycles. The van der Waals surface area contributed by atoms with Crippen LogP contribution >= 0.6 is 0 Å². The van der Waals surface area contributed by atoms with Gasteiger partial charge in [0.25, 0.3) is 0 Å². The van der Waals surface area contributed by atoms with E-state index < -0.39 is 6.10 Å². The number of aliphatic hydroxyl groups is 1. The highest BCUT2D eigenvalue weighted by Crippen LogP contribution is 2.37. The highest BCUT2D eigenvalue weighted by Gasteiger charge is 2.31. The van der Waals surface area contributed by atoms with Crippen LogP contribution < -0.4 is 5.32 Å². The number of methoxy groups -OCH3 is 1. The Balaban J connectivity index is 1.80. The lowest BCUT2D eigenvalue weighted by Gasteiger charge is -2.31. The van der Waals surface area contributed by atoms with Gasteiger partial charge in [-0.3, -0.25) is 4.40 Å². The molecule has 1 aliphatic rings. The molecule has 6 heteroatoms. The quantitative estimate of drug-likeness (QED) is 0.691. The molecule has 0 amide bonds. The lowest BCUT2D eigenvalue weighted by atomic mass is 9.99. The highest BCUT2D eigenvalue weighted by molar-refractivity contribution is 5.78. The minimum Gasteiger partial charge on any atom is -0.388 e. The largest absolute Gasteiger partial charge is 0.388 e. The number of anilines is 1. The number of aliphatic hydroxyl groups excluding tert-OH is 1. The Morgan fingerprint density at radius 2 is 2.04 bits per heavy atom. The minimum absolute atomic E-state index is 0.386. The van der Waals surface area contributed by atoms with Crippen molar-refractivity contribution in [2.75, 3.05) is 32.2 Å². The van der Waals surface area contributed by atoms with Crippen LogP contribution in [-0.2, 0) is 9.47 Å². The molecule has 0 unspecified atom stereocenters. The number of pyridine rings is 1. The molecule has 0 bridgehead atoms. The van der Waals surface area contributed by atoms with Crippen molar-refractivity contribution >= 4 is 11.3 Å². The summed E-state index contributed by atoms with van der Waals surface area (Å²) in [4.78, 5) is 4.80. The van der Waals surface area contributed by atoms with Gasteiger partial charge < -0.3 is 19.9 Å². The fourth-order valence-electron chi connectivity index (χ4n) is 3.58. The van der Waals surface area contributed by atoms with Gasteiger partial charge in [-0.25, -0.2) is 4.98 Å². The van der Waals surface area contributed by atoms with Crippen molar-refractivity contribution in [1.29, 1.82) is 0 Å². The first kappa shape index (κ1) is 17.0. The molecule has 26 heavy (non-hydrogen) atoms. The molecule has 2 N–H and O–H groups in total. The number of aromatic nitrogens is 2. The number of aryl methyl sites for hydroxylation is 1. The summed E-state index contributed by atoms with van der Waals surface area (Å²) < 4.78 is 13.0. The van der Waals surface area contributed by atoms with Gasteiger partial charge in [-0.2, -0.15) is 0 Å².